The summed E-state index contributed by atoms with van der Waals surface area (Å²) in [6.07, 6.45) is 8.79. The van der Waals surface area contributed by atoms with E-state index in [4.69, 9.17) is 0 Å². The largest absolute Gasteiger partial charge is 0.358 e. The first kappa shape index (κ1) is 8.82. The highest BCUT2D eigenvalue weighted by atomic mass is 14.9. The Bertz CT molecular complexity index is 372. The molecule has 70 valence electrons. The van der Waals surface area contributed by atoms with Crippen LogP contribution in [0, 0.1) is 0 Å². The first-order valence-corrected chi connectivity index (χ1v) is 4.73. The van der Waals surface area contributed by atoms with E-state index >= 15 is 0 Å². The molecule has 1 N–H and O–H groups in total. The average Bonchev–Trinajstić information content (AvgIpc) is 2.60. The summed E-state index contributed by atoms with van der Waals surface area (Å²) in [5, 5.41) is 3.37. The molecule has 1 heteroatoms. The van der Waals surface area contributed by atoms with Crippen molar-refractivity contribution in [2.45, 2.75) is 6.42 Å². The fraction of sp³-hybridized carbons (Fsp3) is 0.0769. The number of hydrogen-bond donors (Lipinski definition) is 1. The lowest BCUT2D eigenvalue weighted by molar-refractivity contribution is 1.25. The van der Waals surface area contributed by atoms with Gasteiger partial charge in [0.1, 0.15) is 0 Å². The molecule has 0 bridgehead atoms. The van der Waals surface area contributed by atoms with E-state index in [1.807, 2.05) is 18.2 Å². The monoisotopic (exact) mass is 183 g/mol. The van der Waals surface area contributed by atoms with E-state index in [1.165, 1.54) is 16.9 Å². The van der Waals surface area contributed by atoms with E-state index in [-0.39, 0.29) is 0 Å². The molecule has 1 aliphatic rings. The molecule has 1 aromatic rings. The Labute approximate surface area is 84.5 Å². The molecular weight excluding hydrogens is 170 g/mol. The van der Waals surface area contributed by atoms with Crippen molar-refractivity contribution in [2.75, 3.05) is 5.32 Å². The van der Waals surface area contributed by atoms with Gasteiger partial charge in [0.2, 0.25) is 0 Å². The molecule has 1 nitrogen and oxygen atoms in total. The normalized spacial score (nSPS) is 17.0. The van der Waals surface area contributed by atoms with Crippen molar-refractivity contribution in [3.05, 3.63) is 66.4 Å². The van der Waals surface area contributed by atoms with E-state index in [9.17, 15) is 0 Å². The summed E-state index contributed by atoms with van der Waals surface area (Å²) in [5.74, 6) is 0. The second kappa shape index (κ2) is 3.97. The van der Waals surface area contributed by atoms with Crippen LogP contribution >= 0.6 is 0 Å². The molecule has 0 spiro atoms. The quantitative estimate of drug-likeness (QED) is 0.694. The van der Waals surface area contributed by atoms with E-state index in [0.717, 1.165) is 6.42 Å². The van der Waals surface area contributed by atoms with Crippen molar-refractivity contribution in [2.24, 2.45) is 0 Å². The Morgan fingerprint density at radius 3 is 2.86 bits per heavy atom. The fourth-order valence-corrected chi connectivity index (χ4v) is 1.57. The van der Waals surface area contributed by atoms with Crippen LogP contribution in [0.5, 0.6) is 0 Å². The summed E-state index contributed by atoms with van der Waals surface area (Å²) in [6, 6.07) is 8.38. The molecule has 2 rings (SSSR count). The zero-order valence-electron chi connectivity index (χ0n) is 8.03. The van der Waals surface area contributed by atoms with Crippen LogP contribution in [0.2, 0.25) is 0 Å². The maximum Gasteiger partial charge on any atom is 0.0418 e. The number of nitrogens with one attached hydrogen (secondary N) is 1. The van der Waals surface area contributed by atoms with Gasteiger partial charge in [-0.2, -0.15) is 0 Å². The number of rotatable bonds is 2. The highest BCUT2D eigenvalue weighted by molar-refractivity contribution is 5.62. The number of hydrogen-bond acceptors (Lipinski definition) is 1. The molecule has 0 saturated heterocycles. The Kier molecular flexibility index (Phi) is 2.50. The Morgan fingerprint density at radius 2 is 2.07 bits per heavy atom. The first-order valence-electron chi connectivity index (χ1n) is 4.73. The topological polar surface area (TPSA) is 12.0 Å². The number of anilines is 1. The molecule has 0 aromatic heterocycles. The first-order chi connectivity index (χ1) is 6.90. The smallest absolute Gasteiger partial charge is 0.0418 e. The van der Waals surface area contributed by atoms with Crippen LogP contribution in [0.25, 0.3) is 0 Å². The predicted octanol–water partition coefficient (Wildman–Crippen LogP) is 3.28. The molecule has 1 aromatic carbocycles. The van der Waals surface area contributed by atoms with Gasteiger partial charge in [0.15, 0.2) is 0 Å². The summed E-state index contributed by atoms with van der Waals surface area (Å²) < 4.78 is 0. The van der Waals surface area contributed by atoms with Crippen molar-refractivity contribution < 1.29 is 0 Å². The summed E-state index contributed by atoms with van der Waals surface area (Å²) in [5.41, 5.74) is 3.83. The van der Waals surface area contributed by atoms with Gasteiger partial charge < -0.3 is 5.32 Å². The van der Waals surface area contributed by atoms with Gasteiger partial charge in [0.05, 0.1) is 0 Å². The third-order valence-electron chi connectivity index (χ3n) is 2.24. The lowest BCUT2D eigenvalue weighted by Crippen LogP contribution is -1.89. The Balaban J connectivity index is 2.15. The minimum atomic E-state index is 0.998. The number of benzene rings is 1. The molecule has 0 radical (unpaired) electrons. The average molecular weight is 183 g/mol. The van der Waals surface area contributed by atoms with Crippen molar-refractivity contribution in [1.82, 2.24) is 0 Å². The lowest BCUT2D eigenvalue weighted by Gasteiger charge is -1.96. The zero-order chi connectivity index (χ0) is 9.80. The molecule has 1 heterocycles. The highest BCUT2D eigenvalue weighted by Crippen LogP contribution is 2.26. The van der Waals surface area contributed by atoms with E-state index < -0.39 is 0 Å². The van der Waals surface area contributed by atoms with Crippen molar-refractivity contribution in [1.29, 1.82) is 0 Å². The fourth-order valence-electron chi connectivity index (χ4n) is 1.57. The van der Waals surface area contributed by atoms with E-state index in [2.05, 4.69) is 36.2 Å². The molecule has 1 aliphatic heterocycles. The van der Waals surface area contributed by atoms with Crippen LogP contribution in [0.4, 0.5) is 5.69 Å². The zero-order valence-corrected chi connectivity index (χ0v) is 8.03. The maximum absolute atomic E-state index is 3.63. The van der Waals surface area contributed by atoms with E-state index in [0.29, 0.717) is 0 Å². The second-order valence-corrected chi connectivity index (χ2v) is 3.27. The molecule has 14 heavy (non-hydrogen) atoms. The summed E-state index contributed by atoms with van der Waals surface area (Å²) in [4.78, 5) is 0. The van der Waals surface area contributed by atoms with Gasteiger partial charge in [-0.3, -0.25) is 0 Å². The van der Waals surface area contributed by atoms with Crippen molar-refractivity contribution >= 4 is 5.69 Å². The summed E-state index contributed by atoms with van der Waals surface area (Å²) in [7, 11) is 0. The maximum atomic E-state index is 3.63. The molecule has 0 atom stereocenters. The number of fused-ring (bicyclic) bond motifs is 1. The van der Waals surface area contributed by atoms with Gasteiger partial charge in [-0.15, -0.1) is 0 Å². The third-order valence-corrected chi connectivity index (χ3v) is 2.24. The third kappa shape index (κ3) is 1.77. The van der Waals surface area contributed by atoms with Gasteiger partial charge in [-0.05, 0) is 17.7 Å². The van der Waals surface area contributed by atoms with Crippen LogP contribution < -0.4 is 5.32 Å². The van der Waals surface area contributed by atoms with Crippen LogP contribution in [-0.2, 0) is 6.42 Å². The van der Waals surface area contributed by atoms with Crippen molar-refractivity contribution in [3.63, 3.8) is 0 Å². The van der Waals surface area contributed by atoms with Gasteiger partial charge in [0, 0.05) is 17.8 Å². The Hall–Kier alpha value is -1.76. The van der Waals surface area contributed by atoms with Crippen LogP contribution in [0.15, 0.2) is 60.8 Å². The number of allylic oxidation sites excluding steroid dienone is 5. The second-order valence-electron chi connectivity index (χ2n) is 3.27. The molecule has 0 amide bonds. The predicted molar refractivity (Wildman–Crippen MR) is 61.2 cm³/mol. The summed E-state index contributed by atoms with van der Waals surface area (Å²) >= 11 is 0. The van der Waals surface area contributed by atoms with Gasteiger partial charge in [-0.25, -0.2) is 0 Å². The van der Waals surface area contributed by atoms with Crippen LogP contribution in [0.3, 0.4) is 0 Å². The standard InChI is InChI=1S/C13H13N/c1-2-3-4-8-12-10-11-7-5-6-9-13(11)14-12/h2-9,14H,1,10H2/b4-3-,12-8+. The molecule has 0 unspecified atom stereocenters. The summed E-state index contributed by atoms with van der Waals surface area (Å²) in [6.45, 7) is 3.63. The number of para-hydroxylation sites is 1. The lowest BCUT2D eigenvalue weighted by atomic mass is 10.1. The van der Waals surface area contributed by atoms with Crippen molar-refractivity contribution in [3.8, 4) is 0 Å². The van der Waals surface area contributed by atoms with Crippen LogP contribution in [-0.4, -0.2) is 0 Å². The van der Waals surface area contributed by atoms with Gasteiger partial charge in [-0.1, -0.05) is 43.0 Å². The minimum Gasteiger partial charge on any atom is -0.358 e. The van der Waals surface area contributed by atoms with E-state index in [1.54, 1.807) is 6.08 Å². The van der Waals surface area contributed by atoms with Gasteiger partial charge >= 0.3 is 0 Å². The molecular formula is C13H13N. The van der Waals surface area contributed by atoms with Gasteiger partial charge in [0.25, 0.3) is 0 Å². The molecule has 0 aliphatic carbocycles. The van der Waals surface area contributed by atoms with Crippen LogP contribution in [0.1, 0.15) is 5.56 Å². The molecule has 0 saturated carbocycles. The highest BCUT2D eigenvalue weighted by Gasteiger charge is 2.11. The molecule has 0 fully saturated rings. The SMILES string of the molecule is C=C/C=C\C=C1/Cc2ccccc2N1. The Morgan fingerprint density at radius 1 is 1.21 bits per heavy atom. The minimum absolute atomic E-state index is 0.998.